The first-order valence-corrected chi connectivity index (χ1v) is 5.84. The molecule has 0 bridgehead atoms. The smallest absolute Gasteiger partial charge is 0.251 e. The van der Waals surface area contributed by atoms with Gasteiger partial charge in [-0.1, -0.05) is 18.2 Å². The number of amides is 1. The van der Waals surface area contributed by atoms with Gasteiger partial charge in [0.25, 0.3) is 5.91 Å². The van der Waals surface area contributed by atoms with Gasteiger partial charge < -0.3 is 10.6 Å². The summed E-state index contributed by atoms with van der Waals surface area (Å²) in [5.74, 6) is 0.0238. The van der Waals surface area contributed by atoms with E-state index in [2.05, 4.69) is 10.6 Å². The van der Waals surface area contributed by atoms with Crippen LogP contribution in [0.2, 0.25) is 0 Å². The molecule has 1 fully saturated rings. The number of carbonyl (C=O) groups excluding carboxylic acids is 1. The first-order valence-electron chi connectivity index (χ1n) is 5.84. The van der Waals surface area contributed by atoms with Gasteiger partial charge >= 0.3 is 0 Å². The average molecular weight is 218 g/mol. The van der Waals surface area contributed by atoms with E-state index in [1.807, 2.05) is 31.2 Å². The Hall–Kier alpha value is -1.35. The Morgan fingerprint density at radius 1 is 1.31 bits per heavy atom. The third kappa shape index (κ3) is 3.07. The molecule has 0 saturated heterocycles. The van der Waals surface area contributed by atoms with E-state index in [-0.39, 0.29) is 5.91 Å². The van der Waals surface area contributed by atoms with Crippen LogP contribution in [-0.2, 0) is 0 Å². The highest BCUT2D eigenvalue weighted by molar-refractivity contribution is 5.95. The molecule has 0 spiro atoms. The first kappa shape index (κ1) is 11.1. The Labute approximate surface area is 96.2 Å². The van der Waals surface area contributed by atoms with Crippen molar-refractivity contribution < 1.29 is 4.79 Å². The molecule has 16 heavy (non-hydrogen) atoms. The molecule has 1 aromatic rings. The number of nitrogens with one attached hydrogen (secondary N) is 2. The van der Waals surface area contributed by atoms with Crippen molar-refractivity contribution in [1.29, 1.82) is 0 Å². The number of hydrogen-bond donors (Lipinski definition) is 2. The van der Waals surface area contributed by atoms with E-state index < -0.39 is 0 Å². The van der Waals surface area contributed by atoms with Gasteiger partial charge in [0, 0.05) is 24.7 Å². The van der Waals surface area contributed by atoms with E-state index in [4.69, 9.17) is 0 Å². The van der Waals surface area contributed by atoms with E-state index in [1.54, 1.807) is 0 Å². The van der Waals surface area contributed by atoms with Crippen LogP contribution in [0.5, 0.6) is 0 Å². The molecule has 1 aromatic carbocycles. The predicted molar refractivity (Wildman–Crippen MR) is 64.5 cm³/mol. The van der Waals surface area contributed by atoms with Crippen LogP contribution < -0.4 is 10.6 Å². The highest BCUT2D eigenvalue weighted by Gasteiger charge is 2.19. The second-order valence-electron chi connectivity index (χ2n) is 4.30. The summed E-state index contributed by atoms with van der Waals surface area (Å²) in [5.41, 5.74) is 1.80. The molecule has 0 unspecified atom stereocenters. The van der Waals surface area contributed by atoms with Crippen LogP contribution in [0, 0.1) is 6.92 Å². The van der Waals surface area contributed by atoms with Gasteiger partial charge in [-0.05, 0) is 31.4 Å². The van der Waals surface area contributed by atoms with Crippen molar-refractivity contribution >= 4 is 5.91 Å². The largest absolute Gasteiger partial charge is 0.351 e. The van der Waals surface area contributed by atoms with Gasteiger partial charge in [-0.15, -0.1) is 0 Å². The minimum Gasteiger partial charge on any atom is -0.351 e. The molecule has 0 aliphatic heterocycles. The van der Waals surface area contributed by atoms with Crippen LogP contribution in [0.25, 0.3) is 0 Å². The zero-order chi connectivity index (χ0) is 11.4. The molecule has 3 heteroatoms. The minimum absolute atomic E-state index is 0.0238. The molecule has 1 aliphatic rings. The van der Waals surface area contributed by atoms with Crippen LogP contribution in [0.3, 0.4) is 0 Å². The Morgan fingerprint density at radius 3 is 2.75 bits per heavy atom. The monoisotopic (exact) mass is 218 g/mol. The minimum atomic E-state index is 0.0238. The molecule has 0 radical (unpaired) electrons. The average Bonchev–Trinajstić information content (AvgIpc) is 3.08. The molecule has 3 nitrogen and oxygen atoms in total. The van der Waals surface area contributed by atoms with Gasteiger partial charge in [-0.3, -0.25) is 4.79 Å². The molecule has 1 aliphatic carbocycles. The lowest BCUT2D eigenvalue weighted by Gasteiger charge is -2.07. The second kappa shape index (κ2) is 5.12. The maximum absolute atomic E-state index is 11.8. The number of aryl methyl sites for hydroxylation is 1. The zero-order valence-electron chi connectivity index (χ0n) is 9.62. The molecule has 0 aromatic heterocycles. The maximum atomic E-state index is 11.8. The van der Waals surface area contributed by atoms with E-state index in [9.17, 15) is 4.79 Å². The predicted octanol–water partition coefficient (Wildman–Crippen LogP) is 1.48. The number of hydrogen-bond acceptors (Lipinski definition) is 2. The number of rotatable bonds is 5. The molecule has 86 valence electrons. The fraction of sp³-hybridized carbons (Fsp3) is 0.462. The van der Waals surface area contributed by atoms with E-state index in [1.165, 1.54) is 12.8 Å². The Bertz CT molecular complexity index is 372. The van der Waals surface area contributed by atoms with Crippen molar-refractivity contribution in [1.82, 2.24) is 10.6 Å². The SMILES string of the molecule is Cc1ccccc1C(=O)NCCNC1CC1. The Kier molecular flexibility index (Phi) is 3.57. The normalized spacial score (nSPS) is 14.8. The molecule has 1 amide bonds. The second-order valence-corrected chi connectivity index (χ2v) is 4.30. The van der Waals surface area contributed by atoms with Crippen molar-refractivity contribution in [3.8, 4) is 0 Å². The van der Waals surface area contributed by atoms with Gasteiger partial charge in [0.05, 0.1) is 0 Å². The summed E-state index contributed by atoms with van der Waals surface area (Å²) in [5, 5.41) is 6.28. The van der Waals surface area contributed by atoms with Crippen molar-refractivity contribution in [2.45, 2.75) is 25.8 Å². The van der Waals surface area contributed by atoms with Crippen molar-refractivity contribution in [3.63, 3.8) is 0 Å². The molecule has 2 N–H and O–H groups in total. The Morgan fingerprint density at radius 2 is 2.06 bits per heavy atom. The summed E-state index contributed by atoms with van der Waals surface area (Å²) in [6, 6.07) is 8.36. The van der Waals surface area contributed by atoms with Gasteiger partial charge in [-0.25, -0.2) is 0 Å². The third-order valence-electron chi connectivity index (χ3n) is 2.81. The van der Waals surface area contributed by atoms with Gasteiger partial charge in [0.15, 0.2) is 0 Å². The zero-order valence-corrected chi connectivity index (χ0v) is 9.62. The molecular formula is C13H18N2O. The van der Waals surface area contributed by atoms with Gasteiger partial charge in [-0.2, -0.15) is 0 Å². The van der Waals surface area contributed by atoms with Crippen LogP contribution >= 0.6 is 0 Å². The van der Waals surface area contributed by atoms with Crippen LogP contribution in [0.4, 0.5) is 0 Å². The topological polar surface area (TPSA) is 41.1 Å². The summed E-state index contributed by atoms with van der Waals surface area (Å²) < 4.78 is 0. The standard InChI is InChI=1S/C13H18N2O/c1-10-4-2-3-5-12(10)13(16)15-9-8-14-11-6-7-11/h2-5,11,14H,6-9H2,1H3,(H,15,16). The summed E-state index contributed by atoms with van der Waals surface area (Å²) in [7, 11) is 0. The number of benzene rings is 1. The summed E-state index contributed by atoms with van der Waals surface area (Å²) >= 11 is 0. The lowest BCUT2D eigenvalue weighted by Crippen LogP contribution is -2.32. The van der Waals surface area contributed by atoms with Crippen molar-refractivity contribution in [3.05, 3.63) is 35.4 Å². The van der Waals surface area contributed by atoms with E-state index >= 15 is 0 Å². The first-order chi connectivity index (χ1) is 7.77. The molecule has 1 saturated carbocycles. The molecule has 0 heterocycles. The lowest BCUT2D eigenvalue weighted by atomic mass is 10.1. The maximum Gasteiger partial charge on any atom is 0.251 e. The molecule has 2 rings (SSSR count). The van der Waals surface area contributed by atoms with Crippen molar-refractivity contribution in [2.75, 3.05) is 13.1 Å². The summed E-state index contributed by atoms with van der Waals surface area (Å²) in [4.78, 5) is 11.8. The lowest BCUT2D eigenvalue weighted by molar-refractivity contribution is 0.0953. The summed E-state index contributed by atoms with van der Waals surface area (Å²) in [6.45, 7) is 3.52. The Balaban J connectivity index is 1.76. The van der Waals surface area contributed by atoms with E-state index in [0.717, 1.165) is 17.7 Å². The van der Waals surface area contributed by atoms with Gasteiger partial charge in [0.2, 0.25) is 0 Å². The highest BCUT2D eigenvalue weighted by Crippen LogP contribution is 2.17. The number of carbonyl (C=O) groups is 1. The van der Waals surface area contributed by atoms with E-state index in [0.29, 0.717) is 12.6 Å². The van der Waals surface area contributed by atoms with Crippen LogP contribution in [-0.4, -0.2) is 25.0 Å². The van der Waals surface area contributed by atoms with Crippen LogP contribution in [0.1, 0.15) is 28.8 Å². The third-order valence-corrected chi connectivity index (χ3v) is 2.81. The quantitative estimate of drug-likeness (QED) is 0.735. The molecule has 0 atom stereocenters. The fourth-order valence-corrected chi connectivity index (χ4v) is 1.66. The van der Waals surface area contributed by atoms with Crippen LogP contribution in [0.15, 0.2) is 24.3 Å². The van der Waals surface area contributed by atoms with Crippen molar-refractivity contribution in [2.24, 2.45) is 0 Å². The highest BCUT2D eigenvalue weighted by atomic mass is 16.1. The molecular weight excluding hydrogens is 200 g/mol. The van der Waals surface area contributed by atoms with Gasteiger partial charge in [0.1, 0.15) is 0 Å². The summed E-state index contributed by atoms with van der Waals surface area (Å²) in [6.07, 6.45) is 2.57. The fourth-order valence-electron chi connectivity index (χ4n) is 1.66.